The molecule has 0 saturated heterocycles. The molecule has 1 aromatic heterocycles. The molecule has 0 amide bonds. The zero-order valence-electron chi connectivity index (χ0n) is 11.3. The number of nitrogens with zero attached hydrogens (tertiary/aromatic N) is 3. The third kappa shape index (κ3) is 2.88. The summed E-state index contributed by atoms with van der Waals surface area (Å²) in [6.07, 6.45) is 2.24. The van der Waals surface area contributed by atoms with Crippen LogP contribution >= 0.6 is 0 Å². The number of unbranched alkanes of at least 4 members (excludes halogenated alkanes) is 1. The molecule has 0 saturated carbocycles. The molecule has 1 heterocycles. The predicted molar refractivity (Wildman–Crippen MR) is 72.2 cm³/mol. The van der Waals surface area contributed by atoms with E-state index in [1.807, 2.05) is 17.7 Å². The molecule has 1 aromatic carbocycles. The van der Waals surface area contributed by atoms with Gasteiger partial charge in [0.25, 0.3) is 0 Å². The molecule has 0 aliphatic rings. The number of hydrogen-bond acceptors (Lipinski definition) is 2. The summed E-state index contributed by atoms with van der Waals surface area (Å²) < 4.78 is 15.2. The molecule has 4 heteroatoms. The molecule has 2 rings (SSSR count). The normalized spacial score (nSPS) is 11.6. The molecular formula is C14H20FN3. The topological polar surface area (TPSA) is 21.1 Å². The number of aromatic nitrogens is 2. The highest BCUT2D eigenvalue weighted by atomic mass is 19.1. The van der Waals surface area contributed by atoms with E-state index in [1.54, 1.807) is 6.07 Å². The maximum Gasteiger partial charge on any atom is 0.124 e. The predicted octanol–water partition coefficient (Wildman–Crippen LogP) is 2.83. The van der Waals surface area contributed by atoms with E-state index in [1.165, 1.54) is 6.07 Å². The fraction of sp³-hybridized carbons (Fsp3) is 0.500. The molecular weight excluding hydrogens is 229 g/mol. The maximum atomic E-state index is 13.2. The van der Waals surface area contributed by atoms with Crippen molar-refractivity contribution < 1.29 is 4.39 Å². The van der Waals surface area contributed by atoms with Crippen molar-refractivity contribution in [1.82, 2.24) is 14.7 Å². The summed E-state index contributed by atoms with van der Waals surface area (Å²) in [4.78, 5) is 2.18. The molecule has 0 bridgehead atoms. The van der Waals surface area contributed by atoms with Gasteiger partial charge in [-0.15, -0.1) is 0 Å². The van der Waals surface area contributed by atoms with Gasteiger partial charge in [0.05, 0.1) is 11.2 Å². The summed E-state index contributed by atoms with van der Waals surface area (Å²) in [5.74, 6) is -0.197. The summed E-state index contributed by atoms with van der Waals surface area (Å²) in [6.45, 7) is 3.91. The average Bonchev–Trinajstić information content (AvgIpc) is 2.61. The van der Waals surface area contributed by atoms with Gasteiger partial charge in [0, 0.05) is 11.9 Å². The minimum atomic E-state index is -0.197. The van der Waals surface area contributed by atoms with Crippen molar-refractivity contribution in [1.29, 1.82) is 0 Å². The van der Waals surface area contributed by atoms with Crippen LogP contribution in [0.25, 0.3) is 10.9 Å². The van der Waals surface area contributed by atoms with E-state index in [4.69, 9.17) is 0 Å². The first-order valence-corrected chi connectivity index (χ1v) is 6.35. The Morgan fingerprint density at radius 2 is 2.06 bits per heavy atom. The lowest BCUT2D eigenvalue weighted by Crippen LogP contribution is -2.13. The molecule has 98 valence electrons. The third-order valence-electron chi connectivity index (χ3n) is 3.12. The lowest BCUT2D eigenvalue weighted by atomic mass is 10.2. The van der Waals surface area contributed by atoms with Crippen molar-refractivity contribution in [3.8, 4) is 0 Å². The summed E-state index contributed by atoms with van der Waals surface area (Å²) >= 11 is 0. The second kappa shape index (κ2) is 5.48. The van der Waals surface area contributed by atoms with Crippen molar-refractivity contribution in [2.45, 2.75) is 26.3 Å². The molecule has 0 spiro atoms. The van der Waals surface area contributed by atoms with Crippen molar-refractivity contribution >= 4 is 10.9 Å². The molecule has 0 aliphatic heterocycles. The number of hydrogen-bond donors (Lipinski definition) is 0. The van der Waals surface area contributed by atoms with E-state index in [-0.39, 0.29) is 5.82 Å². The van der Waals surface area contributed by atoms with Crippen LogP contribution in [0.4, 0.5) is 4.39 Å². The number of fused-ring (bicyclic) bond motifs is 1. The molecule has 2 aromatic rings. The monoisotopic (exact) mass is 249 g/mol. The van der Waals surface area contributed by atoms with E-state index < -0.39 is 0 Å². The molecule has 0 unspecified atom stereocenters. The Labute approximate surface area is 107 Å². The maximum absolute atomic E-state index is 13.2. The fourth-order valence-electron chi connectivity index (χ4n) is 2.17. The van der Waals surface area contributed by atoms with Gasteiger partial charge in [-0.2, -0.15) is 5.10 Å². The zero-order valence-corrected chi connectivity index (χ0v) is 11.3. The van der Waals surface area contributed by atoms with Crippen LogP contribution < -0.4 is 0 Å². The first kappa shape index (κ1) is 13.0. The lowest BCUT2D eigenvalue weighted by molar-refractivity contribution is 0.385. The Morgan fingerprint density at radius 1 is 1.28 bits per heavy atom. The number of halogens is 1. The average molecular weight is 249 g/mol. The molecule has 0 atom stereocenters. The second-order valence-corrected chi connectivity index (χ2v) is 4.98. The number of aryl methyl sites for hydroxylation is 2. The van der Waals surface area contributed by atoms with E-state index >= 15 is 0 Å². The Kier molecular flexibility index (Phi) is 3.97. The van der Waals surface area contributed by atoms with Gasteiger partial charge >= 0.3 is 0 Å². The highest BCUT2D eigenvalue weighted by molar-refractivity contribution is 5.81. The van der Waals surface area contributed by atoms with E-state index in [9.17, 15) is 4.39 Å². The largest absolute Gasteiger partial charge is 0.309 e. The summed E-state index contributed by atoms with van der Waals surface area (Å²) in [5.41, 5.74) is 1.93. The van der Waals surface area contributed by atoms with E-state index in [0.29, 0.717) is 0 Å². The van der Waals surface area contributed by atoms with Gasteiger partial charge in [-0.05, 0) is 58.6 Å². The molecule has 0 aliphatic carbocycles. The van der Waals surface area contributed by atoms with Crippen molar-refractivity contribution in [2.75, 3.05) is 20.6 Å². The van der Waals surface area contributed by atoms with E-state index in [2.05, 4.69) is 24.1 Å². The first-order valence-electron chi connectivity index (χ1n) is 6.35. The highest BCUT2D eigenvalue weighted by Crippen LogP contribution is 2.19. The Balaban J connectivity index is 2.09. The van der Waals surface area contributed by atoms with Crippen LogP contribution in [0.1, 0.15) is 18.5 Å². The second-order valence-electron chi connectivity index (χ2n) is 4.98. The summed E-state index contributed by atoms with van der Waals surface area (Å²) in [7, 11) is 4.16. The Hall–Kier alpha value is -1.42. The lowest BCUT2D eigenvalue weighted by Gasteiger charge is -2.09. The molecule has 0 fully saturated rings. The van der Waals surface area contributed by atoms with E-state index in [0.717, 1.165) is 42.5 Å². The van der Waals surface area contributed by atoms with Crippen molar-refractivity contribution in [2.24, 2.45) is 0 Å². The van der Waals surface area contributed by atoms with Crippen LogP contribution in [0, 0.1) is 12.7 Å². The van der Waals surface area contributed by atoms with Crippen LogP contribution in [0.5, 0.6) is 0 Å². The zero-order chi connectivity index (χ0) is 13.1. The molecule has 0 radical (unpaired) electrons. The SMILES string of the molecule is Cc1nn(CCCCN(C)C)c2ccc(F)cc12. The minimum Gasteiger partial charge on any atom is -0.309 e. The molecule has 18 heavy (non-hydrogen) atoms. The molecule has 0 N–H and O–H groups in total. The van der Waals surface area contributed by atoms with Crippen LogP contribution in [0.15, 0.2) is 18.2 Å². The van der Waals surface area contributed by atoms with Gasteiger partial charge in [-0.1, -0.05) is 0 Å². The fourth-order valence-corrected chi connectivity index (χ4v) is 2.17. The highest BCUT2D eigenvalue weighted by Gasteiger charge is 2.07. The van der Waals surface area contributed by atoms with Gasteiger partial charge < -0.3 is 4.90 Å². The standard InChI is InChI=1S/C14H20FN3/c1-11-13-10-12(15)6-7-14(13)18(16-11)9-5-4-8-17(2)3/h6-7,10H,4-5,8-9H2,1-3H3. The van der Waals surface area contributed by atoms with Crippen molar-refractivity contribution in [3.63, 3.8) is 0 Å². The quantitative estimate of drug-likeness (QED) is 0.760. The summed E-state index contributed by atoms with van der Waals surface area (Å²) in [6, 6.07) is 4.88. The van der Waals surface area contributed by atoms with Crippen molar-refractivity contribution in [3.05, 3.63) is 29.7 Å². The Bertz CT molecular complexity index is 531. The van der Waals surface area contributed by atoms with Crippen LogP contribution in [-0.2, 0) is 6.54 Å². The van der Waals surface area contributed by atoms with Gasteiger partial charge in [0.15, 0.2) is 0 Å². The number of benzene rings is 1. The third-order valence-corrected chi connectivity index (χ3v) is 3.12. The molecule has 3 nitrogen and oxygen atoms in total. The van der Waals surface area contributed by atoms with Crippen LogP contribution in [0.3, 0.4) is 0 Å². The minimum absolute atomic E-state index is 0.197. The van der Waals surface area contributed by atoms with Gasteiger partial charge in [-0.25, -0.2) is 4.39 Å². The number of rotatable bonds is 5. The van der Waals surface area contributed by atoms with Crippen LogP contribution in [0.2, 0.25) is 0 Å². The summed E-state index contributed by atoms with van der Waals surface area (Å²) in [5, 5.41) is 5.40. The van der Waals surface area contributed by atoms with Gasteiger partial charge in [-0.3, -0.25) is 4.68 Å². The van der Waals surface area contributed by atoms with Crippen LogP contribution in [-0.4, -0.2) is 35.3 Å². The van der Waals surface area contributed by atoms with Gasteiger partial charge in [0.1, 0.15) is 5.82 Å². The smallest absolute Gasteiger partial charge is 0.124 e. The Morgan fingerprint density at radius 3 is 2.78 bits per heavy atom. The first-order chi connectivity index (χ1) is 8.58. The van der Waals surface area contributed by atoms with Gasteiger partial charge in [0.2, 0.25) is 0 Å².